The molecule has 0 amide bonds. The van der Waals surface area contributed by atoms with Crippen molar-refractivity contribution >= 4 is 53.4 Å². The molecule has 5 heteroatoms. The highest BCUT2D eigenvalue weighted by Gasteiger charge is 2.20. The lowest BCUT2D eigenvalue weighted by Crippen LogP contribution is -2.00. The topological polar surface area (TPSA) is 51.8 Å². The number of thiophene rings is 1. The molecule has 0 aliphatic carbocycles. The molecule has 0 saturated heterocycles. The highest BCUT2D eigenvalue weighted by Crippen LogP contribution is 2.46. The van der Waals surface area contributed by atoms with Crippen molar-refractivity contribution in [1.29, 1.82) is 0 Å². The normalized spacial score (nSPS) is 11.6. The second-order valence-electron chi connectivity index (χ2n) is 12.4. The van der Waals surface area contributed by atoms with Crippen LogP contribution in [0.25, 0.3) is 98.5 Å². The standard InChI is InChI=1S/C45H27N3OS/c1-4-13-28(14-5-1)31-23-24-33-34-20-12-21-35(42(34)50-40(33)27-31)37-25-32(26-39-41(37)36-19-10-11-22-38(36)49-39)45-47-43(29-15-6-2-7-16-29)46-44(48-45)30-17-8-3-9-18-30/h1-27H. The molecule has 50 heavy (non-hydrogen) atoms. The van der Waals surface area contributed by atoms with E-state index in [-0.39, 0.29) is 0 Å². The molecule has 0 fully saturated rings. The fraction of sp³-hybridized carbons (Fsp3) is 0. The number of benzene rings is 7. The van der Waals surface area contributed by atoms with Gasteiger partial charge in [-0.2, -0.15) is 0 Å². The molecule has 0 spiro atoms. The molecule has 0 bridgehead atoms. The van der Waals surface area contributed by atoms with Gasteiger partial charge in [-0.25, -0.2) is 15.0 Å². The molecule has 0 unspecified atom stereocenters. The lowest BCUT2D eigenvalue weighted by molar-refractivity contribution is 0.669. The van der Waals surface area contributed by atoms with Crippen molar-refractivity contribution in [3.8, 4) is 56.4 Å². The minimum absolute atomic E-state index is 0.595. The molecular weight excluding hydrogens is 631 g/mol. The summed E-state index contributed by atoms with van der Waals surface area (Å²) in [7, 11) is 0. The summed E-state index contributed by atoms with van der Waals surface area (Å²) in [5.41, 5.74) is 9.06. The molecule has 10 aromatic rings. The first-order valence-corrected chi connectivity index (χ1v) is 17.4. The van der Waals surface area contributed by atoms with Gasteiger partial charge in [-0.15, -0.1) is 11.3 Å². The van der Waals surface area contributed by atoms with E-state index in [0.29, 0.717) is 17.5 Å². The first kappa shape index (κ1) is 28.6. The maximum atomic E-state index is 6.57. The number of fused-ring (bicyclic) bond motifs is 6. The Kier molecular flexibility index (Phi) is 6.64. The average molecular weight is 658 g/mol. The van der Waals surface area contributed by atoms with Crippen LogP contribution in [-0.2, 0) is 0 Å². The van der Waals surface area contributed by atoms with Crippen LogP contribution in [-0.4, -0.2) is 15.0 Å². The number of hydrogen-bond acceptors (Lipinski definition) is 5. The lowest BCUT2D eigenvalue weighted by atomic mass is 9.95. The van der Waals surface area contributed by atoms with Gasteiger partial charge in [0, 0.05) is 53.2 Å². The third kappa shape index (κ3) is 4.79. The zero-order valence-electron chi connectivity index (χ0n) is 26.7. The Balaban J connectivity index is 1.23. The van der Waals surface area contributed by atoms with Crippen LogP contribution >= 0.6 is 11.3 Å². The summed E-state index contributed by atoms with van der Waals surface area (Å²) in [6.45, 7) is 0. The first-order valence-electron chi connectivity index (χ1n) is 16.6. The van der Waals surface area contributed by atoms with Crippen molar-refractivity contribution in [2.75, 3.05) is 0 Å². The molecule has 0 aliphatic heterocycles. The van der Waals surface area contributed by atoms with Gasteiger partial charge in [-0.05, 0) is 41.0 Å². The van der Waals surface area contributed by atoms with Gasteiger partial charge >= 0.3 is 0 Å². The van der Waals surface area contributed by atoms with Gasteiger partial charge in [0.1, 0.15) is 11.2 Å². The number of aromatic nitrogens is 3. The van der Waals surface area contributed by atoms with Gasteiger partial charge in [0.25, 0.3) is 0 Å². The SMILES string of the molecule is c1ccc(-c2ccc3c(c2)sc2c(-c4cc(-c5nc(-c6ccccc6)nc(-c6ccccc6)n5)cc5oc6ccccc6c45)cccc23)cc1. The van der Waals surface area contributed by atoms with Gasteiger partial charge in [-0.1, -0.05) is 140 Å². The largest absolute Gasteiger partial charge is 0.456 e. The predicted octanol–water partition coefficient (Wildman–Crippen LogP) is 12.5. The first-order chi connectivity index (χ1) is 24.8. The fourth-order valence-electron chi connectivity index (χ4n) is 6.95. The van der Waals surface area contributed by atoms with Gasteiger partial charge in [0.15, 0.2) is 17.5 Å². The van der Waals surface area contributed by atoms with Crippen molar-refractivity contribution < 1.29 is 4.42 Å². The Hall–Kier alpha value is -6.43. The molecule has 0 radical (unpaired) electrons. The molecular formula is C45H27N3OS. The molecule has 3 aromatic heterocycles. The Bertz CT molecular complexity index is 2800. The van der Waals surface area contributed by atoms with E-state index in [2.05, 4.69) is 91.0 Å². The highest BCUT2D eigenvalue weighted by molar-refractivity contribution is 7.26. The number of nitrogens with zero attached hydrogens (tertiary/aromatic N) is 3. The van der Waals surface area contributed by atoms with E-state index in [1.165, 1.54) is 31.3 Å². The van der Waals surface area contributed by atoms with Crippen molar-refractivity contribution in [3.63, 3.8) is 0 Å². The zero-order chi connectivity index (χ0) is 33.0. The van der Waals surface area contributed by atoms with E-state index in [4.69, 9.17) is 19.4 Å². The summed E-state index contributed by atoms with van der Waals surface area (Å²) in [5, 5.41) is 4.67. The molecule has 4 nitrogen and oxygen atoms in total. The van der Waals surface area contributed by atoms with Crippen molar-refractivity contribution in [2.24, 2.45) is 0 Å². The third-order valence-electron chi connectivity index (χ3n) is 9.33. The zero-order valence-corrected chi connectivity index (χ0v) is 27.6. The van der Waals surface area contributed by atoms with E-state index in [1.54, 1.807) is 0 Å². The van der Waals surface area contributed by atoms with E-state index >= 15 is 0 Å². The summed E-state index contributed by atoms with van der Waals surface area (Å²) >= 11 is 1.84. The Labute approximate surface area is 292 Å². The lowest BCUT2D eigenvalue weighted by Gasteiger charge is -2.11. The monoisotopic (exact) mass is 657 g/mol. The summed E-state index contributed by atoms with van der Waals surface area (Å²) < 4.78 is 9.07. The summed E-state index contributed by atoms with van der Waals surface area (Å²) in [5.74, 6) is 1.85. The quantitative estimate of drug-likeness (QED) is 0.185. The maximum absolute atomic E-state index is 6.57. The Morgan fingerprint density at radius 1 is 0.380 bits per heavy atom. The molecule has 10 rings (SSSR count). The maximum Gasteiger partial charge on any atom is 0.164 e. The molecule has 0 atom stereocenters. The second-order valence-corrected chi connectivity index (χ2v) is 13.4. The minimum Gasteiger partial charge on any atom is -0.456 e. The smallest absolute Gasteiger partial charge is 0.164 e. The van der Waals surface area contributed by atoms with E-state index in [0.717, 1.165) is 49.8 Å². The summed E-state index contributed by atoms with van der Waals surface area (Å²) in [6, 6.07) is 56.8. The van der Waals surface area contributed by atoms with E-state index < -0.39 is 0 Å². The predicted molar refractivity (Wildman–Crippen MR) is 207 cm³/mol. The van der Waals surface area contributed by atoms with E-state index in [1.807, 2.05) is 84.1 Å². The number of furan rings is 1. The van der Waals surface area contributed by atoms with Gasteiger partial charge < -0.3 is 4.42 Å². The summed E-state index contributed by atoms with van der Waals surface area (Å²) in [6.07, 6.45) is 0. The van der Waals surface area contributed by atoms with Crippen LogP contribution in [0.4, 0.5) is 0 Å². The molecule has 0 aliphatic rings. The van der Waals surface area contributed by atoms with Crippen LogP contribution in [0.5, 0.6) is 0 Å². The molecule has 0 saturated carbocycles. The van der Waals surface area contributed by atoms with Crippen LogP contribution in [0.1, 0.15) is 0 Å². The Morgan fingerprint density at radius 2 is 0.980 bits per heavy atom. The van der Waals surface area contributed by atoms with E-state index in [9.17, 15) is 0 Å². The van der Waals surface area contributed by atoms with Gasteiger partial charge in [-0.3, -0.25) is 0 Å². The van der Waals surface area contributed by atoms with Crippen molar-refractivity contribution in [1.82, 2.24) is 15.0 Å². The number of rotatable bonds is 5. The van der Waals surface area contributed by atoms with Crippen LogP contribution in [0.2, 0.25) is 0 Å². The van der Waals surface area contributed by atoms with Crippen molar-refractivity contribution in [3.05, 3.63) is 164 Å². The summed E-state index contributed by atoms with van der Waals surface area (Å²) in [4.78, 5) is 15.1. The Morgan fingerprint density at radius 3 is 1.68 bits per heavy atom. The molecule has 0 N–H and O–H groups in total. The van der Waals surface area contributed by atoms with Gasteiger partial charge in [0.05, 0.1) is 0 Å². The fourth-order valence-corrected chi connectivity index (χ4v) is 8.22. The minimum atomic E-state index is 0.595. The highest BCUT2D eigenvalue weighted by atomic mass is 32.1. The number of hydrogen-bond donors (Lipinski definition) is 0. The average Bonchev–Trinajstić information content (AvgIpc) is 3.76. The second kappa shape index (κ2) is 11.6. The number of para-hydroxylation sites is 1. The van der Waals surface area contributed by atoms with Crippen LogP contribution < -0.4 is 0 Å². The molecule has 7 aromatic carbocycles. The van der Waals surface area contributed by atoms with Crippen LogP contribution in [0.15, 0.2) is 168 Å². The van der Waals surface area contributed by atoms with Gasteiger partial charge in [0.2, 0.25) is 0 Å². The van der Waals surface area contributed by atoms with Crippen LogP contribution in [0, 0.1) is 0 Å². The van der Waals surface area contributed by atoms with Crippen molar-refractivity contribution in [2.45, 2.75) is 0 Å². The van der Waals surface area contributed by atoms with Crippen LogP contribution in [0.3, 0.4) is 0 Å². The third-order valence-corrected chi connectivity index (χ3v) is 10.5. The molecule has 3 heterocycles. The molecule has 234 valence electrons.